The lowest BCUT2D eigenvalue weighted by atomic mass is 9.90. The van der Waals surface area contributed by atoms with Gasteiger partial charge < -0.3 is 15.8 Å². The fourth-order valence-corrected chi connectivity index (χ4v) is 4.23. The Morgan fingerprint density at radius 1 is 1.07 bits per heavy atom. The summed E-state index contributed by atoms with van der Waals surface area (Å²) in [7, 11) is 0. The zero-order valence-electron chi connectivity index (χ0n) is 15.9. The number of nitrogens with two attached hydrogens (primary N) is 1. The maximum atomic E-state index is 6.31. The molecule has 2 aromatic carbocycles. The van der Waals surface area contributed by atoms with E-state index in [9.17, 15) is 0 Å². The predicted molar refractivity (Wildman–Crippen MR) is 111 cm³/mol. The van der Waals surface area contributed by atoms with E-state index in [4.69, 9.17) is 15.5 Å². The van der Waals surface area contributed by atoms with Crippen LogP contribution in [0.15, 0.2) is 53.5 Å². The first kappa shape index (κ1) is 18.1. The van der Waals surface area contributed by atoms with Gasteiger partial charge >= 0.3 is 0 Å². The Labute approximate surface area is 161 Å². The molecule has 2 aromatic rings. The summed E-state index contributed by atoms with van der Waals surface area (Å²) in [5.41, 5.74) is 11.5. The first-order valence-electron chi connectivity index (χ1n) is 10.1. The van der Waals surface area contributed by atoms with Crippen molar-refractivity contribution in [3.05, 3.63) is 65.2 Å². The highest BCUT2D eigenvalue weighted by atomic mass is 16.5. The number of ether oxygens (including phenoxy) is 1. The van der Waals surface area contributed by atoms with Crippen molar-refractivity contribution in [3.63, 3.8) is 0 Å². The summed E-state index contributed by atoms with van der Waals surface area (Å²) in [6, 6.07) is 17.1. The number of fused-ring (bicyclic) bond motifs is 1. The molecule has 4 heteroatoms. The van der Waals surface area contributed by atoms with Gasteiger partial charge in [0, 0.05) is 18.9 Å². The van der Waals surface area contributed by atoms with Crippen molar-refractivity contribution < 1.29 is 4.74 Å². The van der Waals surface area contributed by atoms with Crippen LogP contribution in [-0.2, 0) is 17.6 Å². The van der Waals surface area contributed by atoms with Crippen LogP contribution < -0.4 is 11.1 Å². The summed E-state index contributed by atoms with van der Waals surface area (Å²) in [5.74, 6) is 1.13. The van der Waals surface area contributed by atoms with Crippen molar-refractivity contribution in [1.29, 1.82) is 0 Å². The number of guanidine groups is 1. The van der Waals surface area contributed by atoms with E-state index in [1.807, 2.05) is 6.07 Å². The monoisotopic (exact) mass is 363 g/mol. The Hall–Kier alpha value is -2.33. The molecule has 0 bridgehead atoms. The van der Waals surface area contributed by atoms with E-state index in [-0.39, 0.29) is 6.04 Å². The highest BCUT2D eigenvalue weighted by molar-refractivity contribution is 5.92. The van der Waals surface area contributed by atoms with Crippen molar-refractivity contribution >= 4 is 11.6 Å². The first-order chi connectivity index (χ1) is 13.3. The Morgan fingerprint density at radius 3 is 2.67 bits per heavy atom. The lowest BCUT2D eigenvalue weighted by molar-refractivity contribution is 0.0619. The molecular formula is C23H29N3O. The number of nitrogens with zero attached hydrogens (tertiary/aromatic N) is 1. The number of aliphatic imine (C=N–C) groups is 1. The summed E-state index contributed by atoms with van der Waals surface area (Å²) in [6.45, 7) is 1.72. The zero-order valence-corrected chi connectivity index (χ0v) is 15.9. The Bertz CT molecular complexity index is 781. The van der Waals surface area contributed by atoms with Crippen LogP contribution >= 0.6 is 0 Å². The van der Waals surface area contributed by atoms with Gasteiger partial charge in [0.15, 0.2) is 5.96 Å². The molecule has 27 heavy (non-hydrogen) atoms. The standard InChI is InChI=1S/C23H29N3O/c24-23(25-21-10-9-18-7-4-8-20(18)16-21)26-22(19-5-2-1-3-6-19)15-17-11-13-27-14-12-17/h1-3,5-6,9-10,16-17,22H,4,7-8,11-15H2,(H3,24,25,26). The highest BCUT2D eigenvalue weighted by Crippen LogP contribution is 2.30. The maximum Gasteiger partial charge on any atom is 0.193 e. The van der Waals surface area contributed by atoms with Crippen molar-refractivity contribution in [2.24, 2.45) is 16.6 Å². The van der Waals surface area contributed by atoms with E-state index in [1.165, 1.54) is 29.5 Å². The second-order valence-electron chi connectivity index (χ2n) is 7.69. The highest BCUT2D eigenvalue weighted by Gasteiger charge is 2.20. The molecular weight excluding hydrogens is 334 g/mol. The molecule has 1 unspecified atom stereocenters. The Kier molecular flexibility index (Phi) is 5.73. The van der Waals surface area contributed by atoms with Gasteiger partial charge in [-0.1, -0.05) is 36.4 Å². The quantitative estimate of drug-likeness (QED) is 0.609. The van der Waals surface area contributed by atoms with Crippen LogP contribution in [0.25, 0.3) is 0 Å². The summed E-state index contributed by atoms with van der Waals surface area (Å²) in [5, 5.41) is 3.31. The molecule has 0 radical (unpaired) electrons. The zero-order chi connectivity index (χ0) is 18.5. The molecule has 3 N–H and O–H groups in total. The normalized spacial score (nSPS) is 18.9. The third-order valence-electron chi connectivity index (χ3n) is 5.75. The fourth-order valence-electron chi connectivity index (χ4n) is 4.23. The Balaban J connectivity index is 1.50. The molecule has 0 saturated carbocycles. The third-order valence-corrected chi connectivity index (χ3v) is 5.75. The van der Waals surface area contributed by atoms with Gasteiger partial charge in [-0.3, -0.25) is 0 Å². The minimum absolute atomic E-state index is 0.0798. The van der Waals surface area contributed by atoms with Gasteiger partial charge in [0.1, 0.15) is 0 Å². The van der Waals surface area contributed by atoms with Crippen molar-refractivity contribution in [3.8, 4) is 0 Å². The van der Waals surface area contributed by atoms with Crippen molar-refractivity contribution in [2.75, 3.05) is 18.5 Å². The molecule has 1 fully saturated rings. The number of rotatable bonds is 5. The van der Waals surface area contributed by atoms with Gasteiger partial charge in [-0.25, -0.2) is 4.99 Å². The molecule has 0 spiro atoms. The summed E-state index contributed by atoms with van der Waals surface area (Å²) >= 11 is 0. The number of hydrogen-bond acceptors (Lipinski definition) is 2. The summed E-state index contributed by atoms with van der Waals surface area (Å²) in [4.78, 5) is 4.87. The minimum atomic E-state index is 0.0798. The first-order valence-corrected chi connectivity index (χ1v) is 10.1. The van der Waals surface area contributed by atoms with Gasteiger partial charge in [-0.15, -0.1) is 0 Å². The van der Waals surface area contributed by atoms with Gasteiger partial charge in [0.2, 0.25) is 0 Å². The van der Waals surface area contributed by atoms with E-state index in [2.05, 4.69) is 47.8 Å². The Morgan fingerprint density at radius 2 is 1.85 bits per heavy atom. The van der Waals surface area contributed by atoms with Crippen LogP contribution in [0, 0.1) is 5.92 Å². The minimum Gasteiger partial charge on any atom is -0.381 e. The molecule has 2 aliphatic rings. The molecule has 1 heterocycles. The van der Waals surface area contributed by atoms with Crippen molar-refractivity contribution in [2.45, 2.75) is 44.6 Å². The SMILES string of the molecule is NC(=NC(CC1CCOCC1)c1ccccc1)Nc1ccc2c(c1)CCC2. The van der Waals surface area contributed by atoms with Gasteiger partial charge in [0.25, 0.3) is 0 Å². The van der Waals surface area contributed by atoms with E-state index in [1.54, 1.807) is 0 Å². The lowest BCUT2D eigenvalue weighted by Crippen LogP contribution is -2.25. The number of hydrogen-bond donors (Lipinski definition) is 2. The second-order valence-corrected chi connectivity index (χ2v) is 7.69. The molecule has 4 rings (SSSR count). The molecule has 0 amide bonds. The summed E-state index contributed by atoms with van der Waals surface area (Å²) in [6.07, 6.45) is 6.84. The van der Waals surface area contributed by atoms with Crippen molar-refractivity contribution in [1.82, 2.24) is 0 Å². The van der Waals surface area contributed by atoms with Gasteiger partial charge in [-0.05, 0) is 73.3 Å². The largest absolute Gasteiger partial charge is 0.381 e. The van der Waals surface area contributed by atoms with Crippen LogP contribution in [0.3, 0.4) is 0 Å². The fraction of sp³-hybridized carbons (Fsp3) is 0.435. The number of benzene rings is 2. The predicted octanol–water partition coefficient (Wildman–Crippen LogP) is 4.46. The number of nitrogens with one attached hydrogen (secondary N) is 1. The molecule has 1 atom stereocenters. The lowest BCUT2D eigenvalue weighted by Gasteiger charge is -2.25. The number of anilines is 1. The average molecular weight is 364 g/mol. The van der Waals surface area contributed by atoms with Crippen LogP contribution in [-0.4, -0.2) is 19.2 Å². The number of aryl methyl sites for hydroxylation is 2. The molecule has 1 aliphatic carbocycles. The molecule has 1 saturated heterocycles. The molecule has 1 aliphatic heterocycles. The van der Waals surface area contributed by atoms with E-state index >= 15 is 0 Å². The topological polar surface area (TPSA) is 59.6 Å². The van der Waals surface area contributed by atoms with Crippen LogP contribution in [0.1, 0.15) is 48.4 Å². The van der Waals surface area contributed by atoms with E-state index in [0.717, 1.165) is 44.6 Å². The van der Waals surface area contributed by atoms with Crippen LogP contribution in [0.5, 0.6) is 0 Å². The van der Waals surface area contributed by atoms with Gasteiger partial charge in [0.05, 0.1) is 6.04 Å². The third kappa shape index (κ3) is 4.69. The maximum absolute atomic E-state index is 6.31. The smallest absolute Gasteiger partial charge is 0.193 e. The molecule has 0 aromatic heterocycles. The second kappa shape index (κ2) is 8.57. The van der Waals surface area contributed by atoms with Crippen LogP contribution in [0.4, 0.5) is 5.69 Å². The van der Waals surface area contributed by atoms with E-state index in [0.29, 0.717) is 11.9 Å². The molecule has 142 valence electrons. The van der Waals surface area contributed by atoms with E-state index < -0.39 is 0 Å². The van der Waals surface area contributed by atoms with Crippen LogP contribution in [0.2, 0.25) is 0 Å². The average Bonchev–Trinajstić information content (AvgIpc) is 3.17. The summed E-state index contributed by atoms with van der Waals surface area (Å²) < 4.78 is 5.51. The molecule has 4 nitrogen and oxygen atoms in total. The van der Waals surface area contributed by atoms with Gasteiger partial charge in [-0.2, -0.15) is 0 Å².